The van der Waals surface area contributed by atoms with E-state index in [1.165, 1.54) is 12.8 Å². The number of ether oxygens (including phenoxy) is 3. The first-order valence-corrected chi connectivity index (χ1v) is 15.9. The highest BCUT2D eigenvalue weighted by Crippen LogP contribution is 2.90. The quantitative estimate of drug-likeness (QED) is 0.293. The number of aliphatic hydroxyl groups is 2. The van der Waals surface area contributed by atoms with Gasteiger partial charge in [-0.2, -0.15) is 0 Å². The van der Waals surface area contributed by atoms with Crippen molar-refractivity contribution in [1.29, 1.82) is 0 Å². The number of hydrogen-bond acceptors (Lipinski definition) is 7. The van der Waals surface area contributed by atoms with Crippen LogP contribution < -0.4 is 5.32 Å². The first-order valence-electron chi connectivity index (χ1n) is 15.9. The molecule has 8 nitrogen and oxygen atoms in total. The van der Waals surface area contributed by atoms with Crippen molar-refractivity contribution in [3.05, 3.63) is 25.2 Å². The molecule has 6 aliphatic rings. The number of carbonyl (C=O) groups is 2. The molecule has 1 heterocycles. The Hall–Kier alpha value is -1.38. The molecule has 1 unspecified atom stereocenters. The predicted molar refractivity (Wildman–Crippen MR) is 154 cm³/mol. The van der Waals surface area contributed by atoms with Crippen molar-refractivity contribution in [2.24, 2.45) is 44.8 Å². The molecule has 6 fully saturated rings. The Morgan fingerprint density at radius 1 is 1.14 bits per heavy atom. The number of fused-ring (bicyclic) bond motifs is 4. The van der Waals surface area contributed by atoms with Crippen molar-refractivity contribution >= 4 is 12.1 Å². The molecule has 8 heteroatoms. The molecule has 3 N–H and O–H groups in total. The number of esters is 1. The van der Waals surface area contributed by atoms with Gasteiger partial charge in [-0.05, 0) is 99.2 Å². The SMILES string of the molecule is [CH]NC(=O)OC1CC[C@]23C[C@]24CC[C@]2(C)[C@@H]5[C](O[C]([C@H](OC(C)=O)C(C)(C)O)C[C@H]5C)[C@H](O)[C@@]2(C)[C]4CC[C@H]3C1(C)C. The van der Waals surface area contributed by atoms with Crippen LogP contribution in [0, 0.1) is 70.0 Å². The van der Waals surface area contributed by atoms with Gasteiger partial charge in [0, 0.05) is 23.7 Å². The van der Waals surface area contributed by atoms with Crippen LogP contribution in [0.5, 0.6) is 0 Å². The zero-order chi connectivity index (χ0) is 30.8. The lowest BCUT2D eigenvalue weighted by molar-refractivity contribution is -0.171. The smallest absolute Gasteiger partial charge is 0.407 e. The summed E-state index contributed by atoms with van der Waals surface area (Å²) in [5.41, 5.74) is -1.88. The van der Waals surface area contributed by atoms with Gasteiger partial charge >= 0.3 is 12.1 Å². The molecule has 1 aliphatic heterocycles. The van der Waals surface area contributed by atoms with Crippen LogP contribution in [-0.2, 0) is 19.0 Å². The Balaban J connectivity index is 1.31. The van der Waals surface area contributed by atoms with Gasteiger partial charge in [0.15, 0.2) is 6.10 Å². The normalized spacial score (nSPS) is 47.2. The van der Waals surface area contributed by atoms with Gasteiger partial charge in [-0.15, -0.1) is 0 Å². The fraction of sp³-hybridized carbons (Fsp3) is 0.824. The van der Waals surface area contributed by atoms with Crippen LogP contribution in [0.3, 0.4) is 0 Å². The maximum atomic E-state index is 12.3. The molecule has 1 amide bonds. The van der Waals surface area contributed by atoms with E-state index in [1.54, 1.807) is 13.8 Å². The Kier molecular flexibility index (Phi) is 6.80. The van der Waals surface area contributed by atoms with Crippen LogP contribution in [-0.4, -0.2) is 46.2 Å². The molecular formula is C34H50NO7. The summed E-state index contributed by atoms with van der Waals surface area (Å²) in [5.74, 6) is 1.68. The van der Waals surface area contributed by atoms with Crippen LogP contribution in [0.25, 0.3) is 0 Å². The van der Waals surface area contributed by atoms with Gasteiger partial charge in [-0.25, -0.2) is 4.79 Å². The molecule has 0 aromatic heterocycles. The minimum Gasteiger partial charge on any atom is -0.456 e. The summed E-state index contributed by atoms with van der Waals surface area (Å²) in [6.45, 7) is 15.9. The van der Waals surface area contributed by atoms with Gasteiger partial charge in [0.05, 0.1) is 18.8 Å². The average Bonchev–Trinajstić information content (AvgIpc) is 3.52. The minimum absolute atomic E-state index is 0.0636. The second-order valence-electron chi connectivity index (χ2n) is 16.2. The standard InChI is InChI=1S/C34H50NO7/c1-18-16-20(27(30(5,6)39)40-19(2)36)41-25-24(18)31(7)14-15-34-17-33(34)13-12-23(42-28(38)35-9)29(3,4)21(33)10-11-22(34)32(31,8)26(25)37/h9,18,21,23-24,26-27,37,39H,10-17H2,1-8H3,(H,35,38)/t18-,21+,23?,24+,26+,27+,31-,32-,33-,34+/m1/s1. The summed E-state index contributed by atoms with van der Waals surface area (Å²) in [4.78, 5) is 24.0. The number of alkyl carbamates (subject to hydrolysis) is 1. The van der Waals surface area contributed by atoms with Gasteiger partial charge in [0.2, 0.25) is 0 Å². The zero-order valence-electron chi connectivity index (χ0n) is 26.6. The van der Waals surface area contributed by atoms with Gasteiger partial charge < -0.3 is 29.7 Å². The summed E-state index contributed by atoms with van der Waals surface area (Å²) in [5, 5.41) is 25.4. The van der Waals surface area contributed by atoms with Gasteiger partial charge in [-0.3, -0.25) is 4.79 Å². The van der Waals surface area contributed by atoms with Crippen LogP contribution in [0.4, 0.5) is 4.79 Å². The lowest BCUT2D eigenvalue weighted by atomic mass is 9.41. The zero-order valence-corrected chi connectivity index (χ0v) is 26.6. The molecule has 5 radical (unpaired) electrons. The Morgan fingerprint density at radius 3 is 2.45 bits per heavy atom. The second kappa shape index (κ2) is 9.32. The van der Waals surface area contributed by atoms with Crippen LogP contribution in [0.2, 0.25) is 0 Å². The monoisotopic (exact) mass is 584 g/mol. The highest BCUT2D eigenvalue weighted by Gasteiger charge is 2.85. The summed E-state index contributed by atoms with van der Waals surface area (Å²) in [7, 11) is 5.35. The molecule has 5 saturated carbocycles. The molecule has 233 valence electrons. The Morgan fingerprint density at radius 2 is 1.83 bits per heavy atom. The third-order valence-electron chi connectivity index (χ3n) is 13.6. The fourth-order valence-electron chi connectivity index (χ4n) is 11.7. The maximum Gasteiger partial charge on any atom is 0.407 e. The van der Waals surface area contributed by atoms with E-state index in [0.29, 0.717) is 24.5 Å². The highest BCUT2D eigenvalue weighted by atomic mass is 16.6. The van der Waals surface area contributed by atoms with Crippen molar-refractivity contribution in [3.63, 3.8) is 0 Å². The van der Waals surface area contributed by atoms with Crippen molar-refractivity contribution in [2.45, 2.75) is 131 Å². The van der Waals surface area contributed by atoms with Crippen molar-refractivity contribution in [2.75, 3.05) is 0 Å². The largest absolute Gasteiger partial charge is 0.456 e. The highest BCUT2D eigenvalue weighted by molar-refractivity contribution is 5.67. The lowest BCUT2D eigenvalue weighted by Crippen LogP contribution is -2.59. The molecule has 2 spiro atoms. The molecule has 42 heavy (non-hydrogen) atoms. The number of hydrogen-bond donors (Lipinski definition) is 3. The Bertz CT molecular complexity index is 1130. The molecular weight excluding hydrogens is 534 g/mol. The van der Waals surface area contributed by atoms with Crippen LogP contribution in [0.15, 0.2) is 0 Å². The third kappa shape index (κ3) is 3.76. The van der Waals surface area contributed by atoms with Crippen LogP contribution in [0.1, 0.15) is 107 Å². The predicted octanol–water partition coefficient (Wildman–Crippen LogP) is 5.55. The molecule has 6 rings (SSSR count). The lowest BCUT2D eigenvalue weighted by Gasteiger charge is -2.63. The topological polar surface area (TPSA) is 114 Å². The summed E-state index contributed by atoms with van der Waals surface area (Å²) >= 11 is 0. The molecule has 5 aliphatic carbocycles. The first-order chi connectivity index (χ1) is 19.4. The van der Waals surface area contributed by atoms with Crippen molar-refractivity contribution in [1.82, 2.24) is 5.32 Å². The number of nitrogens with one attached hydrogen (secondary N) is 1. The molecule has 0 aromatic rings. The van der Waals surface area contributed by atoms with E-state index < -0.39 is 35.3 Å². The molecule has 10 atom stereocenters. The van der Waals surface area contributed by atoms with Crippen molar-refractivity contribution < 1.29 is 34.0 Å². The summed E-state index contributed by atoms with van der Waals surface area (Å²) in [6.07, 6.45) is 6.34. The number of amides is 1. The van der Waals surface area contributed by atoms with Crippen LogP contribution >= 0.6 is 0 Å². The number of aliphatic hydroxyl groups excluding tert-OH is 1. The van der Waals surface area contributed by atoms with Crippen molar-refractivity contribution in [3.8, 4) is 0 Å². The van der Waals surface area contributed by atoms with E-state index >= 15 is 0 Å². The van der Waals surface area contributed by atoms with E-state index in [2.05, 4.69) is 39.9 Å². The van der Waals surface area contributed by atoms with E-state index in [-0.39, 0.29) is 39.6 Å². The Labute approximate surface area is 252 Å². The molecule has 0 bridgehead atoms. The summed E-state index contributed by atoms with van der Waals surface area (Å²) in [6, 6.07) is 0. The number of rotatable bonds is 4. The summed E-state index contributed by atoms with van der Waals surface area (Å²) < 4.78 is 18.0. The van der Waals surface area contributed by atoms with E-state index in [1.807, 2.05) is 0 Å². The molecule has 1 saturated heterocycles. The average molecular weight is 585 g/mol. The van der Waals surface area contributed by atoms with E-state index in [4.69, 9.17) is 21.3 Å². The number of carbonyl (C=O) groups excluding carboxylic acids is 2. The van der Waals surface area contributed by atoms with E-state index in [0.717, 1.165) is 44.9 Å². The molecule has 0 aromatic carbocycles. The van der Waals surface area contributed by atoms with E-state index in [9.17, 15) is 19.8 Å². The second-order valence-corrected chi connectivity index (χ2v) is 16.2. The van der Waals surface area contributed by atoms with Gasteiger partial charge in [0.1, 0.15) is 18.3 Å². The maximum absolute atomic E-state index is 12.3. The van der Waals surface area contributed by atoms with Gasteiger partial charge in [-0.1, -0.05) is 34.6 Å². The first kappa shape index (κ1) is 30.6. The third-order valence-corrected chi connectivity index (χ3v) is 13.6. The fourth-order valence-corrected chi connectivity index (χ4v) is 11.7. The van der Waals surface area contributed by atoms with Gasteiger partial charge in [0.25, 0.3) is 0 Å². The minimum atomic E-state index is -1.32.